The molecule has 1 aromatic heterocycles. The standard InChI is InChI=1S/C18H13ClF3NO7.C14H10F4N4O7S.C3H8NO5P.C3H9S/c1-2-28-16(24)9-29-17(25)12-8-11(4-5-14(12)23(26)27)30-15-6-3-10(7-13(15)19)18(20,21)22;15-11(16)28-8-5-9(29-12(17)18)20-13(19-8)21-14(25)22-30(26,27)7-4-2-1-3-6(7)10(23)24;5-3(6)1-4-2-10(7,8)9;1-4(2)3/h3-8H,2,9H2,1H3;1-5,11-12H,(H,23,24)(H2,19,20,21,22,25);4H,1-2H2,(H,5,6)(H2,7,8,9);1-3H3/q;;;+1/p-1. The molecule has 408 valence electrons. The topological polar surface area (TPSA) is 371 Å². The summed E-state index contributed by atoms with van der Waals surface area (Å²) in [5.74, 6) is -7.98. The largest absolute Gasteiger partial charge is 0.778 e. The molecule has 4 aromatic rings. The number of hydrogen-bond acceptors (Lipinski definition) is 19. The number of amides is 2. The minimum atomic E-state index is -4.71. The number of esters is 2. The van der Waals surface area contributed by atoms with Crippen LogP contribution in [0.4, 0.5) is 47.2 Å². The summed E-state index contributed by atoms with van der Waals surface area (Å²) in [5.41, 5.74) is -2.81. The maximum absolute atomic E-state index is 12.7. The molecule has 4 rings (SSSR count). The van der Waals surface area contributed by atoms with E-state index in [1.165, 1.54) is 23.8 Å². The molecule has 1 heterocycles. The van der Waals surface area contributed by atoms with Crippen LogP contribution in [0.15, 0.2) is 71.6 Å². The highest BCUT2D eigenvalue weighted by Gasteiger charge is 2.31. The van der Waals surface area contributed by atoms with E-state index in [-0.39, 0.29) is 23.1 Å². The van der Waals surface area contributed by atoms with Crippen molar-refractivity contribution < 1.29 is 116 Å². The Labute approximate surface area is 420 Å². The summed E-state index contributed by atoms with van der Waals surface area (Å²) < 4.78 is 146. The van der Waals surface area contributed by atoms with Gasteiger partial charge in [-0.25, -0.2) is 32.3 Å². The molecule has 2 amide bonds. The number of rotatable bonds is 19. The Morgan fingerprint density at radius 3 is 1.93 bits per heavy atom. The molecule has 0 saturated heterocycles. The van der Waals surface area contributed by atoms with Crippen molar-refractivity contribution in [2.45, 2.75) is 31.2 Å². The Morgan fingerprint density at radius 2 is 1.46 bits per heavy atom. The number of nitro groups is 1. The van der Waals surface area contributed by atoms with Crippen LogP contribution in [-0.2, 0) is 50.7 Å². The number of carboxylic acids is 2. The van der Waals surface area contributed by atoms with Crippen molar-refractivity contribution in [2.75, 3.05) is 50.1 Å². The molecule has 6 N–H and O–H groups in total. The number of carbonyl (C=O) groups excluding carboxylic acids is 3. The lowest BCUT2D eigenvalue weighted by molar-refractivity contribution is -0.385. The van der Waals surface area contributed by atoms with Gasteiger partial charge in [0.2, 0.25) is 17.7 Å². The van der Waals surface area contributed by atoms with E-state index in [0.717, 1.165) is 42.5 Å². The van der Waals surface area contributed by atoms with Crippen LogP contribution in [0.1, 0.15) is 33.2 Å². The van der Waals surface area contributed by atoms with Gasteiger partial charge in [-0.1, -0.05) is 23.7 Å². The van der Waals surface area contributed by atoms with E-state index in [1.807, 2.05) is 5.32 Å². The van der Waals surface area contributed by atoms with E-state index in [9.17, 15) is 82.7 Å². The van der Waals surface area contributed by atoms with Gasteiger partial charge in [-0.05, 0) is 54.2 Å². The third kappa shape index (κ3) is 25.5. The quantitative estimate of drug-likeness (QED) is 0.0173. The number of nitrogens with one attached hydrogen (secondary N) is 3. The zero-order chi connectivity index (χ0) is 56.7. The normalized spacial score (nSPS) is 11.7. The monoisotopic (exact) mass is 1150 g/mol. The number of nitro benzene ring substituents is 1. The number of ether oxygens (including phenoxy) is 5. The number of aromatic nitrogens is 2. The number of urea groups is 1. The highest BCUT2D eigenvalue weighted by atomic mass is 35.5. The third-order valence-electron chi connectivity index (χ3n) is 7.04. The Kier molecular flexibility index (Phi) is 26.5. The van der Waals surface area contributed by atoms with Crippen LogP contribution in [0.3, 0.4) is 0 Å². The predicted octanol–water partition coefficient (Wildman–Crippen LogP) is 5.33. The third-order valence-corrected chi connectivity index (χ3v) is 9.35. The van der Waals surface area contributed by atoms with Gasteiger partial charge in [0, 0.05) is 12.1 Å². The number of sulfonamides is 1. The summed E-state index contributed by atoms with van der Waals surface area (Å²) >= 11 is 5.81. The van der Waals surface area contributed by atoms with Crippen molar-refractivity contribution in [3.8, 4) is 23.3 Å². The van der Waals surface area contributed by atoms with Crippen LogP contribution in [0.2, 0.25) is 5.02 Å². The fraction of sp³-hybridized carbons (Fsp3) is 0.289. The van der Waals surface area contributed by atoms with Gasteiger partial charge in [0.15, 0.2) is 6.61 Å². The zero-order valence-corrected chi connectivity index (χ0v) is 41.1. The molecule has 0 fully saturated rings. The van der Waals surface area contributed by atoms with Crippen LogP contribution in [0, 0.1) is 10.1 Å². The number of carbonyl (C=O) groups is 5. The van der Waals surface area contributed by atoms with E-state index in [4.69, 9.17) is 36.2 Å². The number of aliphatic carboxylic acids is 1. The SMILES string of the molecule is CCOC(=O)COC(=O)c1cc(Oc2ccc(C(F)(F)F)cc2Cl)ccc1[N+](=O)[O-].C[S+](C)C.O=C(Nc1nc(OC(F)F)cc(OC(F)F)n1)NS(=O)(=O)c1ccccc1C(=O)O.O=C(O)CNCP(=O)([O-])O. The van der Waals surface area contributed by atoms with E-state index in [1.54, 1.807) is 5.32 Å². The molecule has 3 aromatic carbocycles. The van der Waals surface area contributed by atoms with E-state index < -0.39 is 136 Å². The highest BCUT2D eigenvalue weighted by molar-refractivity contribution is 7.94. The van der Waals surface area contributed by atoms with Gasteiger partial charge >= 0.3 is 49.3 Å². The molecule has 0 saturated carbocycles. The summed E-state index contributed by atoms with van der Waals surface area (Å²) in [7, 11) is -8.42. The lowest BCUT2D eigenvalue weighted by atomic mass is 10.1. The van der Waals surface area contributed by atoms with Crippen LogP contribution in [0.5, 0.6) is 23.3 Å². The minimum Gasteiger partial charge on any atom is -0.778 e. The number of benzene rings is 3. The number of carboxylic acid groups (broad SMARTS) is 2. The number of alkyl halides is 7. The van der Waals surface area contributed by atoms with Gasteiger partial charge in [-0.15, -0.1) is 0 Å². The Morgan fingerprint density at radius 1 is 0.892 bits per heavy atom. The number of nitrogens with zero attached hydrogens (tertiary/aromatic N) is 3. The molecule has 1 unspecified atom stereocenters. The van der Waals surface area contributed by atoms with E-state index in [2.05, 4.69) is 42.9 Å². The van der Waals surface area contributed by atoms with Crippen molar-refractivity contribution in [1.29, 1.82) is 0 Å². The van der Waals surface area contributed by atoms with Gasteiger partial charge < -0.3 is 48.2 Å². The second-order valence-corrected chi connectivity index (χ2v) is 19.5. The smallest absolute Gasteiger partial charge is 0.416 e. The molecule has 0 aliphatic carbocycles. The maximum atomic E-state index is 12.7. The lowest BCUT2D eigenvalue weighted by Gasteiger charge is -2.14. The Hall–Kier alpha value is -7.10. The number of anilines is 1. The maximum Gasteiger partial charge on any atom is 0.416 e. The van der Waals surface area contributed by atoms with Crippen molar-refractivity contribution >= 4 is 81.7 Å². The van der Waals surface area contributed by atoms with Gasteiger partial charge in [0.05, 0.1) is 65.3 Å². The van der Waals surface area contributed by atoms with Gasteiger partial charge in [-0.2, -0.15) is 40.7 Å². The van der Waals surface area contributed by atoms with Crippen molar-refractivity contribution in [3.63, 3.8) is 0 Å². The van der Waals surface area contributed by atoms with Crippen LogP contribution in [0.25, 0.3) is 0 Å². The summed E-state index contributed by atoms with van der Waals surface area (Å²) in [6.45, 7) is -6.47. The van der Waals surface area contributed by atoms with Crippen molar-refractivity contribution in [2.24, 2.45) is 0 Å². The number of hydrogen-bond donors (Lipinski definition) is 6. The minimum absolute atomic E-state index is 0.0493. The number of halogens is 8. The van der Waals surface area contributed by atoms with Crippen molar-refractivity contribution in [3.05, 3.63) is 98.6 Å². The first-order chi connectivity index (χ1) is 34.1. The summed E-state index contributed by atoms with van der Waals surface area (Å²) in [6, 6.07) is 8.58. The molecule has 0 spiro atoms. The molecule has 0 aliphatic heterocycles. The molecule has 0 radical (unpaired) electrons. The van der Waals surface area contributed by atoms with Gasteiger partial charge in [0.1, 0.15) is 29.6 Å². The fourth-order valence-corrected chi connectivity index (χ4v) is 6.16. The molecular weight excluding hydrogens is 1110 g/mol. The average molecular weight is 1150 g/mol. The van der Waals surface area contributed by atoms with E-state index >= 15 is 0 Å². The summed E-state index contributed by atoms with van der Waals surface area (Å²) in [4.78, 5) is 90.4. The van der Waals surface area contributed by atoms with Gasteiger partial charge in [-0.3, -0.25) is 25.5 Å². The molecule has 1 atom stereocenters. The molecule has 36 heteroatoms. The fourth-order valence-electron chi connectivity index (χ4n) is 4.44. The van der Waals surface area contributed by atoms with Crippen LogP contribution in [-0.4, -0.2) is 126 Å². The van der Waals surface area contributed by atoms with Crippen molar-refractivity contribution in [1.82, 2.24) is 20.0 Å². The lowest BCUT2D eigenvalue weighted by Crippen LogP contribution is -2.35. The second-order valence-electron chi connectivity index (χ2n) is 13.4. The zero-order valence-electron chi connectivity index (χ0n) is 37.8. The summed E-state index contributed by atoms with van der Waals surface area (Å²) in [5, 5.41) is 31.5. The summed E-state index contributed by atoms with van der Waals surface area (Å²) in [6.07, 6.45) is 1.27. The Bertz CT molecular complexity index is 2730. The van der Waals surface area contributed by atoms with Crippen LogP contribution >= 0.6 is 19.2 Å². The molecule has 0 aliphatic rings. The highest BCUT2D eigenvalue weighted by Crippen LogP contribution is 2.37. The average Bonchev–Trinajstić information content (AvgIpc) is 3.24. The molecule has 0 bridgehead atoms. The first-order valence-corrected chi connectivity index (χ1v) is 25.3. The first kappa shape index (κ1) is 64.9. The molecule has 74 heavy (non-hydrogen) atoms. The van der Waals surface area contributed by atoms with Gasteiger partial charge in [0.25, 0.3) is 15.7 Å². The molecular formula is C38H39ClF7N6O19PS2. The second kappa shape index (κ2) is 30.2. The Balaban J connectivity index is 0.000000589. The first-order valence-electron chi connectivity index (χ1n) is 19.2. The number of aromatic carboxylic acids is 1. The molecule has 25 nitrogen and oxygen atoms in total. The van der Waals surface area contributed by atoms with Crippen LogP contribution < -0.4 is 34.5 Å². The van der Waals surface area contributed by atoms with E-state index in [0.29, 0.717) is 23.0 Å². The predicted molar refractivity (Wildman–Crippen MR) is 240 cm³/mol.